The number of carbonyl (C=O) groups is 1. The smallest absolute Gasteiger partial charge is 0.220 e. The summed E-state index contributed by atoms with van der Waals surface area (Å²) in [6.07, 6.45) is 8.83. The lowest BCUT2D eigenvalue weighted by molar-refractivity contribution is -0.121. The van der Waals surface area contributed by atoms with Gasteiger partial charge in [0.1, 0.15) is 5.75 Å². The number of hydrogen-bond donors (Lipinski definition) is 1. The number of rotatable bonds is 7. The number of aryl methyl sites for hydroxylation is 1. The summed E-state index contributed by atoms with van der Waals surface area (Å²) < 4.78 is 5.16. The number of methoxy groups -OCH3 is 1. The van der Waals surface area contributed by atoms with Gasteiger partial charge in [-0.3, -0.25) is 4.79 Å². The van der Waals surface area contributed by atoms with Crippen LogP contribution < -0.4 is 10.1 Å². The second-order valence-electron chi connectivity index (χ2n) is 7.16. The van der Waals surface area contributed by atoms with Crippen LogP contribution in [0.5, 0.6) is 5.75 Å². The van der Waals surface area contributed by atoms with Crippen LogP contribution in [0.25, 0.3) is 0 Å². The Morgan fingerprint density at radius 1 is 1.12 bits per heavy atom. The largest absolute Gasteiger partial charge is 0.497 e. The van der Waals surface area contributed by atoms with E-state index in [4.69, 9.17) is 4.74 Å². The third-order valence-corrected chi connectivity index (χ3v) is 5.40. The van der Waals surface area contributed by atoms with Crippen molar-refractivity contribution in [3.8, 4) is 5.75 Å². The van der Waals surface area contributed by atoms with Crippen molar-refractivity contribution in [1.29, 1.82) is 0 Å². The van der Waals surface area contributed by atoms with Crippen molar-refractivity contribution in [2.75, 3.05) is 27.7 Å². The van der Waals surface area contributed by atoms with E-state index >= 15 is 0 Å². The van der Waals surface area contributed by atoms with E-state index in [1.54, 1.807) is 7.11 Å². The lowest BCUT2D eigenvalue weighted by atomic mass is 9.88. The second-order valence-corrected chi connectivity index (χ2v) is 7.16. The highest BCUT2D eigenvalue weighted by atomic mass is 16.5. The monoisotopic (exact) mass is 332 g/mol. The first kappa shape index (κ1) is 18.8. The Bertz CT molecular complexity index is 503. The fourth-order valence-corrected chi connectivity index (χ4v) is 3.57. The molecule has 1 amide bonds. The highest BCUT2D eigenvalue weighted by molar-refractivity contribution is 5.76. The first-order chi connectivity index (χ1) is 11.6. The van der Waals surface area contributed by atoms with Crippen LogP contribution >= 0.6 is 0 Å². The molecule has 0 saturated heterocycles. The maximum absolute atomic E-state index is 12.3. The highest BCUT2D eigenvalue weighted by Gasteiger charge is 2.33. The van der Waals surface area contributed by atoms with Gasteiger partial charge in [0.15, 0.2) is 0 Å². The SMILES string of the molecule is COc1ccc(CCC(=O)NCC2(N(C)C)CCCCCC2)cc1. The minimum Gasteiger partial charge on any atom is -0.497 e. The van der Waals surface area contributed by atoms with Gasteiger partial charge in [-0.1, -0.05) is 37.8 Å². The van der Waals surface area contributed by atoms with Crippen LogP contribution in [0, 0.1) is 0 Å². The summed E-state index contributed by atoms with van der Waals surface area (Å²) >= 11 is 0. The Morgan fingerprint density at radius 2 is 1.75 bits per heavy atom. The quantitative estimate of drug-likeness (QED) is 0.778. The van der Waals surface area contributed by atoms with Crippen molar-refractivity contribution < 1.29 is 9.53 Å². The average Bonchev–Trinajstić information content (AvgIpc) is 2.85. The summed E-state index contributed by atoms with van der Waals surface area (Å²) in [4.78, 5) is 14.6. The molecule has 1 fully saturated rings. The van der Waals surface area contributed by atoms with Gasteiger partial charge in [0.2, 0.25) is 5.91 Å². The van der Waals surface area contributed by atoms with Crippen LogP contribution in [-0.4, -0.2) is 44.1 Å². The molecule has 0 aromatic heterocycles. The van der Waals surface area contributed by atoms with Crippen LogP contribution in [0.15, 0.2) is 24.3 Å². The molecule has 0 aliphatic heterocycles. The fraction of sp³-hybridized carbons (Fsp3) is 0.650. The summed E-state index contributed by atoms with van der Waals surface area (Å²) in [6.45, 7) is 0.765. The summed E-state index contributed by atoms with van der Waals surface area (Å²) in [5, 5.41) is 3.19. The number of carbonyl (C=O) groups excluding carboxylic acids is 1. The molecule has 0 bridgehead atoms. The maximum atomic E-state index is 12.3. The normalized spacial score (nSPS) is 17.3. The van der Waals surface area contributed by atoms with Gasteiger partial charge in [0.05, 0.1) is 7.11 Å². The van der Waals surface area contributed by atoms with Gasteiger partial charge < -0.3 is 15.0 Å². The molecule has 1 saturated carbocycles. The minimum absolute atomic E-state index is 0.131. The highest BCUT2D eigenvalue weighted by Crippen LogP contribution is 2.30. The first-order valence-electron chi connectivity index (χ1n) is 9.13. The Balaban J connectivity index is 1.82. The van der Waals surface area contributed by atoms with Crippen LogP contribution in [0.3, 0.4) is 0 Å². The van der Waals surface area contributed by atoms with E-state index in [0.717, 1.165) is 18.7 Å². The Labute approximate surface area is 146 Å². The average molecular weight is 332 g/mol. The molecule has 4 nitrogen and oxygen atoms in total. The van der Waals surface area contributed by atoms with Crippen LogP contribution in [0.2, 0.25) is 0 Å². The predicted molar refractivity (Wildman–Crippen MR) is 98.4 cm³/mol. The van der Waals surface area contributed by atoms with Gasteiger partial charge in [-0.15, -0.1) is 0 Å². The van der Waals surface area contributed by atoms with Gasteiger partial charge in [-0.2, -0.15) is 0 Å². The number of benzene rings is 1. The molecule has 0 radical (unpaired) electrons. The number of likely N-dealkylation sites (N-methyl/N-ethyl adjacent to an activating group) is 1. The molecule has 1 aromatic rings. The topological polar surface area (TPSA) is 41.6 Å². The Hall–Kier alpha value is -1.55. The van der Waals surface area contributed by atoms with E-state index in [1.165, 1.54) is 44.1 Å². The van der Waals surface area contributed by atoms with E-state index in [2.05, 4.69) is 24.3 Å². The molecular weight excluding hydrogens is 300 g/mol. The van der Waals surface area contributed by atoms with Gasteiger partial charge in [0.25, 0.3) is 0 Å². The Kier molecular flexibility index (Phi) is 7.10. The van der Waals surface area contributed by atoms with Crippen molar-refractivity contribution in [1.82, 2.24) is 10.2 Å². The number of nitrogens with one attached hydrogen (secondary N) is 1. The summed E-state index contributed by atoms with van der Waals surface area (Å²) in [7, 11) is 5.96. The maximum Gasteiger partial charge on any atom is 0.220 e. The molecular formula is C20H32N2O2. The zero-order valence-electron chi connectivity index (χ0n) is 15.4. The molecule has 1 aromatic carbocycles. The molecule has 0 spiro atoms. The summed E-state index contributed by atoms with van der Waals surface area (Å²) in [5.74, 6) is 1.00. The van der Waals surface area contributed by atoms with Gasteiger partial charge in [0, 0.05) is 18.5 Å². The third-order valence-electron chi connectivity index (χ3n) is 5.40. The predicted octanol–water partition coefficient (Wildman–Crippen LogP) is 3.40. The fourth-order valence-electron chi connectivity index (χ4n) is 3.57. The number of hydrogen-bond acceptors (Lipinski definition) is 3. The molecule has 0 heterocycles. The number of ether oxygens (including phenoxy) is 1. The third kappa shape index (κ3) is 5.23. The van der Waals surface area contributed by atoms with Crippen LogP contribution in [0.1, 0.15) is 50.5 Å². The number of nitrogens with zero attached hydrogens (tertiary/aromatic N) is 1. The molecule has 4 heteroatoms. The lowest BCUT2D eigenvalue weighted by Crippen LogP contribution is -2.52. The molecule has 1 N–H and O–H groups in total. The second kappa shape index (κ2) is 9.07. The molecule has 1 aliphatic rings. The van der Waals surface area contributed by atoms with Crippen molar-refractivity contribution in [3.05, 3.63) is 29.8 Å². The molecule has 2 rings (SSSR count). The summed E-state index contributed by atoms with van der Waals surface area (Å²) in [5.41, 5.74) is 1.30. The zero-order chi connectivity index (χ0) is 17.4. The lowest BCUT2D eigenvalue weighted by Gasteiger charge is -2.39. The van der Waals surface area contributed by atoms with E-state index in [1.807, 2.05) is 24.3 Å². The zero-order valence-corrected chi connectivity index (χ0v) is 15.4. The summed E-state index contributed by atoms with van der Waals surface area (Å²) in [6, 6.07) is 7.94. The number of amides is 1. The standard InChI is InChI=1S/C20H32N2O2/c1-22(2)20(14-6-4-5-7-15-20)16-21-19(23)13-10-17-8-11-18(24-3)12-9-17/h8-9,11-12H,4-7,10,13-16H2,1-3H3,(H,21,23). The minimum atomic E-state index is 0.131. The van der Waals surface area contributed by atoms with E-state index in [0.29, 0.717) is 6.42 Å². The van der Waals surface area contributed by atoms with E-state index in [-0.39, 0.29) is 11.4 Å². The van der Waals surface area contributed by atoms with Crippen molar-refractivity contribution >= 4 is 5.91 Å². The molecule has 24 heavy (non-hydrogen) atoms. The van der Waals surface area contributed by atoms with Crippen molar-refractivity contribution in [3.63, 3.8) is 0 Å². The van der Waals surface area contributed by atoms with Gasteiger partial charge in [-0.05, 0) is 51.1 Å². The Morgan fingerprint density at radius 3 is 2.29 bits per heavy atom. The molecule has 0 atom stereocenters. The van der Waals surface area contributed by atoms with E-state index in [9.17, 15) is 4.79 Å². The molecule has 134 valence electrons. The van der Waals surface area contributed by atoms with E-state index < -0.39 is 0 Å². The van der Waals surface area contributed by atoms with Crippen molar-refractivity contribution in [2.45, 2.75) is 56.9 Å². The van der Waals surface area contributed by atoms with Crippen molar-refractivity contribution in [2.24, 2.45) is 0 Å². The van der Waals surface area contributed by atoms with Crippen LogP contribution in [-0.2, 0) is 11.2 Å². The van der Waals surface area contributed by atoms with Gasteiger partial charge >= 0.3 is 0 Å². The molecule has 0 unspecified atom stereocenters. The van der Waals surface area contributed by atoms with Crippen LogP contribution in [0.4, 0.5) is 0 Å². The first-order valence-corrected chi connectivity index (χ1v) is 9.13. The van der Waals surface area contributed by atoms with Gasteiger partial charge in [-0.25, -0.2) is 0 Å². The molecule has 1 aliphatic carbocycles.